The monoisotopic (exact) mass is 323 g/mol. The molecule has 0 saturated carbocycles. The minimum Gasteiger partial charge on any atom is -0.461 e. The van der Waals surface area contributed by atoms with Crippen LogP contribution < -0.4 is 5.48 Å². The number of halogens is 1. The Morgan fingerprint density at radius 1 is 1.32 bits per heavy atom. The van der Waals surface area contributed by atoms with Crippen LogP contribution in [-0.4, -0.2) is 13.0 Å². The van der Waals surface area contributed by atoms with E-state index in [1.807, 2.05) is 36.4 Å². The van der Waals surface area contributed by atoms with Gasteiger partial charge in [-0.2, -0.15) is 0 Å². The third-order valence-electron chi connectivity index (χ3n) is 2.62. The van der Waals surface area contributed by atoms with Crippen molar-refractivity contribution < 1.29 is 14.0 Å². The highest BCUT2D eigenvalue weighted by Crippen LogP contribution is 2.29. The highest BCUT2D eigenvalue weighted by molar-refractivity contribution is 9.10. The number of hydrogen-bond acceptors (Lipinski definition) is 3. The predicted molar refractivity (Wildman–Crippen MR) is 75.3 cm³/mol. The lowest BCUT2D eigenvalue weighted by Gasteiger charge is -2.01. The van der Waals surface area contributed by atoms with Crippen molar-refractivity contribution in [3.63, 3.8) is 0 Å². The molecule has 0 atom stereocenters. The standard InChI is InChI=1S/C14H14BrNO3/c1-18-16-14(17)9-7-10-6-8-13(19-10)11-4-2-3-5-12(11)15/h2-6,8H,7,9H2,1H3,(H,16,17). The van der Waals surface area contributed by atoms with Gasteiger partial charge in [0.1, 0.15) is 11.5 Å². The second-order valence-corrected chi connectivity index (χ2v) is 4.83. The lowest BCUT2D eigenvalue weighted by molar-refractivity contribution is -0.131. The van der Waals surface area contributed by atoms with E-state index in [0.717, 1.165) is 21.6 Å². The Morgan fingerprint density at radius 2 is 2.11 bits per heavy atom. The first-order valence-electron chi connectivity index (χ1n) is 5.86. The third kappa shape index (κ3) is 3.68. The highest BCUT2D eigenvalue weighted by Gasteiger charge is 2.09. The van der Waals surface area contributed by atoms with Crippen LogP contribution in [0, 0.1) is 0 Å². The Hall–Kier alpha value is -1.59. The molecule has 5 heteroatoms. The summed E-state index contributed by atoms with van der Waals surface area (Å²) in [7, 11) is 1.41. The SMILES string of the molecule is CONC(=O)CCc1ccc(-c2ccccc2Br)o1. The van der Waals surface area contributed by atoms with E-state index >= 15 is 0 Å². The van der Waals surface area contributed by atoms with Crippen LogP contribution in [0.25, 0.3) is 11.3 Å². The third-order valence-corrected chi connectivity index (χ3v) is 3.31. The van der Waals surface area contributed by atoms with Gasteiger partial charge in [-0.1, -0.05) is 34.1 Å². The minimum absolute atomic E-state index is 0.165. The van der Waals surface area contributed by atoms with Crippen molar-refractivity contribution in [3.05, 3.63) is 46.6 Å². The van der Waals surface area contributed by atoms with Gasteiger partial charge in [0.05, 0.1) is 7.11 Å². The molecule has 100 valence electrons. The second kappa shape index (κ2) is 6.54. The van der Waals surface area contributed by atoms with Crippen molar-refractivity contribution >= 4 is 21.8 Å². The van der Waals surface area contributed by atoms with Crippen LogP contribution in [-0.2, 0) is 16.1 Å². The number of nitrogens with one attached hydrogen (secondary N) is 1. The normalized spacial score (nSPS) is 10.4. The summed E-state index contributed by atoms with van der Waals surface area (Å²) in [6.45, 7) is 0. The van der Waals surface area contributed by atoms with E-state index in [1.165, 1.54) is 7.11 Å². The van der Waals surface area contributed by atoms with E-state index < -0.39 is 0 Å². The molecule has 0 aliphatic carbocycles. The van der Waals surface area contributed by atoms with Crippen LogP contribution in [0.15, 0.2) is 45.3 Å². The van der Waals surface area contributed by atoms with Crippen molar-refractivity contribution in [1.82, 2.24) is 5.48 Å². The highest BCUT2D eigenvalue weighted by atomic mass is 79.9. The number of hydroxylamine groups is 1. The lowest BCUT2D eigenvalue weighted by Crippen LogP contribution is -2.21. The van der Waals surface area contributed by atoms with Gasteiger partial charge in [-0.25, -0.2) is 5.48 Å². The summed E-state index contributed by atoms with van der Waals surface area (Å²) in [6.07, 6.45) is 0.871. The molecular formula is C14H14BrNO3. The molecule has 2 aromatic rings. The van der Waals surface area contributed by atoms with E-state index in [0.29, 0.717) is 12.8 Å². The molecule has 0 aliphatic heterocycles. The van der Waals surface area contributed by atoms with E-state index in [2.05, 4.69) is 26.2 Å². The molecule has 0 fully saturated rings. The average molecular weight is 324 g/mol. The van der Waals surface area contributed by atoms with Crippen LogP contribution in [0.2, 0.25) is 0 Å². The van der Waals surface area contributed by atoms with Crippen molar-refractivity contribution in [1.29, 1.82) is 0 Å². The molecule has 0 spiro atoms. The summed E-state index contributed by atoms with van der Waals surface area (Å²) in [5, 5.41) is 0. The molecule has 1 amide bonds. The average Bonchev–Trinajstić information content (AvgIpc) is 2.86. The summed E-state index contributed by atoms with van der Waals surface area (Å²) < 4.78 is 6.71. The summed E-state index contributed by atoms with van der Waals surface area (Å²) in [5.41, 5.74) is 3.27. The summed E-state index contributed by atoms with van der Waals surface area (Å²) in [5.74, 6) is 1.40. The van der Waals surface area contributed by atoms with Gasteiger partial charge in [0.15, 0.2) is 0 Å². The fraction of sp³-hybridized carbons (Fsp3) is 0.214. The van der Waals surface area contributed by atoms with Gasteiger partial charge in [-0.3, -0.25) is 9.63 Å². The molecular weight excluding hydrogens is 310 g/mol. The Kier molecular flexibility index (Phi) is 4.76. The number of carbonyl (C=O) groups is 1. The zero-order valence-electron chi connectivity index (χ0n) is 10.5. The first-order valence-corrected chi connectivity index (χ1v) is 6.65. The maximum absolute atomic E-state index is 11.3. The molecule has 1 aromatic heterocycles. The molecule has 1 aromatic carbocycles. The fourth-order valence-corrected chi connectivity index (χ4v) is 2.20. The number of hydrogen-bond donors (Lipinski definition) is 1. The smallest absolute Gasteiger partial charge is 0.243 e. The Balaban J connectivity index is 2.04. The minimum atomic E-state index is -0.165. The van der Waals surface area contributed by atoms with Gasteiger partial charge in [0, 0.05) is 22.9 Å². The number of rotatable bonds is 5. The molecule has 1 N–H and O–H groups in total. The summed E-state index contributed by atoms with van der Waals surface area (Å²) in [6, 6.07) is 11.6. The Bertz CT molecular complexity index is 565. The molecule has 0 unspecified atom stereocenters. The van der Waals surface area contributed by atoms with Gasteiger partial charge in [-0.05, 0) is 18.2 Å². The van der Waals surface area contributed by atoms with Gasteiger partial charge in [0.25, 0.3) is 0 Å². The molecule has 1 heterocycles. The van der Waals surface area contributed by atoms with E-state index in [4.69, 9.17) is 4.42 Å². The quantitative estimate of drug-likeness (QED) is 0.859. The number of benzene rings is 1. The fourth-order valence-electron chi connectivity index (χ4n) is 1.72. The zero-order chi connectivity index (χ0) is 13.7. The topological polar surface area (TPSA) is 51.5 Å². The number of carbonyl (C=O) groups excluding carboxylic acids is 1. The van der Waals surface area contributed by atoms with E-state index in [-0.39, 0.29) is 5.91 Å². The van der Waals surface area contributed by atoms with Crippen molar-refractivity contribution in [3.8, 4) is 11.3 Å². The van der Waals surface area contributed by atoms with Gasteiger partial charge in [-0.15, -0.1) is 0 Å². The summed E-state index contributed by atoms with van der Waals surface area (Å²) in [4.78, 5) is 15.8. The van der Waals surface area contributed by atoms with E-state index in [9.17, 15) is 4.79 Å². The van der Waals surface area contributed by atoms with Crippen LogP contribution in [0.1, 0.15) is 12.2 Å². The molecule has 4 nitrogen and oxygen atoms in total. The Labute approximate surface area is 119 Å². The number of aryl methyl sites for hydroxylation is 1. The van der Waals surface area contributed by atoms with Crippen molar-refractivity contribution in [2.75, 3.05) is 7.11 Å². The predicted octanol–water partition coefficient (Wildman–Crippen LogP) is 3.32. The number of amides is 1. The molecule has 2 rings (SSSR count). The maximum atomic E-state index is 11.3. The van der Waals surface area contributed by atoms with Crippen LogP contribution in [0.4, 0.5) is 0 Å². The van der Waals surface area contributed by atoms with Crippen molar-refractivity contribution in [2.45, 2.75) is 12.8 Å². The molecule has 0 radical (unpaired) electrons. The molecule has 0 aliphatic rings. The van der Waals surface area contributed by atoms with E-state index in [1.54, 1.807) is 0 Å². The Morgan fingerprint density at radius 3 is 2.84 bits per heavy atom. The van der Waals surface area contributed by atoms with Gasteiger partial charge >= 0.3 is 0 Å². The molecule has 0 saturated heterocycles. The van der Waals surface area contributed by atoms with Gasteiger partial charge in [0.2, 0.25) is 5.91 Å². The number of furan rings is 1. The first kappa shape index (κ1) is 13.8. The first-order chi connectivity index (χ1) is 9.20. The molecule has 0 bridgehead atoms. The lowest BCUT2D eigenvalue weighted by atomic mass is 10.2. The zero-order valence-corrected chi connectivity index (χ0v) is 12.1. The maximum Gasteiger partial charge on any atom is 0.243 e. The second-order valence-electron chi connectivity index (χ2n) is 3.98. The van der Waals surface area contributed by atoms with Crippen LogP contribution in [0.3, 0.4) is 0 Å². The molecule has 19 heavy (non-hydrogen) atoms. The van der Waals surface area contributed by atoms with Crippen LogP contribution >= 0.6 is 15.9 Å². The largest absolute Gasteiger partial charge is 0.461 e. The van der Waals surface area contributed by atoms with Gasteiger partial charge < -0.3 is 4.42 Å². The summed E-state index contributed by atoms with van der Waals surface area (Å²) >= 11 is 3.48. The van der Waals surface area contributed by atoms with Crippen molar-refractivity contribution in [2.24, 2.45) is 0 Å². The van der Waals surface area contributed by atoms with Crippen LogP contribution in [0.5, 0.6) is 0 Å².